The Morgan fingerprint density at radius 1 is 1.33 bits per heavy atom. The van der Waals surface area contributed by atoms with Crippen molar-refractivity contribution in [1.29, 1.82) is 0 Å². The van der Waals surface area contributed by atoms with Gasteiger partial charge in [-0.3, -0.25) is 0 Å². The van der Waals surface area contributed by atoms with E-state index in [0.29, 0.717) is 11.8 Å². The van der Waals surface area contributed by atoms with Crippen LogP contribution in [0.2, 0.25) is 5.15 Å². The van der Waals surface area contributed by atoms with Crippen LogP contribution in [0, 0.1) is 0 Å². The summed E-state index contributed by atoms with van der Waals surface area (Å²) in [6, 6.07) is 11.6. The lowest BCUT2D eigenvalue weighted by molar-refractivity contribution is 0.181. The first-order valence-electron chi connectivity index (χ1n) is 4.60. The number of methoxy groups -OCH3 is 1. The maximum atomic E-state index is 6.06. The van der Waals surface area contributed by atoms with E-state index < -0.39 is 0 Å². The largest absolute Gasteiger partial charge is 0.378 e. The van der Waals surface area contributed by atoms with E-state index in [1.165, 1.54) is 0 Å². The number of benzene rings is 1. The molecular weight excluding hydrogens is 212 g/mol. The third kappa shape index (κ3) is 2.19. The van der Waals surface area contributed by atoms with Gasteiger partial charge in [-0.05, 0) is 12.1 Å². The Kier molecular flexibility index (Phi) is 3.04. The maximum Gasteiger partial charge on any atom is 0.133 e. The highest BCUT2D eigenvalue weighted by atomic mass is 35.5. The van der Waals surface area contributed by atoms with Gasteiger partial charge in [0.15, 0.2) is 0 Å². The summed E-state index contributed by atoms with van der Waals surface area (Å²) in [4.78, 5) is 0. The minimum Gasteiger partial charge on any atom is -0.378 e. The monoisotopic (exact) mass is 222 g/mol. The van der Waals surface area contributed by atoms with Gasteiger partial charge in [0.05, 0.1) is 18.0 Å². The van der Waals surface area contributed by atoms with Crippen LogP contribution >= 0.6 is 11.6 Å². The van der Waals surface area contributed by atoms with Crippen molar-refractivity contribution in [1.82, 2.24) is 9.78 Å². The fourth-order valence-electron chi connectivity index (χ4n) is 1.37. The Morgan fingerprint density at radius 3 is 2.73 bits per heavy atom. The van der Waals surface area contributed by atoms with E-state index in [0.717, 1.165) is 11.4 Å². The number of rotatable bonds is 3. The average Bonchev–Trinajstić information content (AvgIpc) is 2.61. The molecule has 15 heavy (non-hydrogen) atoms. The number of hydrogen-bond acceptors (Lipinski definition) is 2. The average molecular weight is 223 g/mol. The zero-order valence-electron chi connectivity index (χ0n) is 8.35. The summed E-state index contributed by atoms with van der Waals surface area (Å²) in [7, 11) is 1.63. The molecule has 0 aliphatic carbocycles. The maximum absolute atomic E-state index is 6.06. The Morgan fingerprint density at radius 2 is 2.07 bits per heavy atom. The van der Waals surface area contributed by atoms with Crippen LogP contribution in [0.5, 0.6) is 0 Å². The van der Waals surface area contributed by atoms with E-state index in [-0.39, 0.29) is 0 Å². The van der Waals surface area contributed by atoms with Gasteiger partial charge in [0.1, 0.15) is 5.15 Å². The Bertz CT molecular complexity index is 439. The topological polar surface area (TPSA) is 27.1 Å². The molecule has 1 aromatic heterocycles. The van der Waals surface area contributed by atoms with Crippen molar-refractivity contribution >= 4 is 11.6 Å². The van der Waals surface area contributed by atoms with E-state index in [1.807, 2.05) is 30.3 Å². The first kappa shape index (κ1) is 10.2. The van der Waals surface area contributed by atoms with Crippen molar-refractivity contribution in [3.63, 3.8) is 0 Å². The van der Waals surface area contributed by atoms with Gasteiger partial charge in [-0.2, -0.15) is 5.10 Å². The first-order chi connectivity index (χ1) is 7.31. The standard InChI is InChI=1S/C11H11ClN2O/c1-15-8-9-7-11(12)14(13-9)10-5-3-2-4-6-10/h2-7H,8H2,1H3. The van der Waals surface area contributed by atoms with Gasteiger partial charge >= 0.3 is 0 Å². The van der Waals surface area contributed by atoms with Gasteiger partial charge in [-0.25, -0.2) is 4.68 Å². The molecule has 1 aromatic carbocycles. The molecule has 0 N–H and O–H groups in total. The Labute approximate surface area is 93.2 Å². The molecule has 78 valence electrons. The number of halogens is 1. The molecule has 2 aromatic rings. The molecule has 0 spiro atoms. The number of nitrogens with zero attached hydrogens (tertiary/aromatic N) is 2. The number of ether oxygens (including phenoxy) is 1. The van der Waals surface area contributed by atoms with E-state index in [2.05, 4.69) is 5.10 Å². The summed E-state index contributed by atoms with van der Waals surface area (Å²) in [5, 5.41) is 4.92. The van der Waals surface area contributed by atoms with Crippen molar-refractivity contribution in [2.45, 2.75) is 6.61 Å². The molecule has 4 heteroatoms. The molecule has 3 nitrogen and oxygen atoms in total. The summed E-state index contributed by atoms with van der Waals surface area (Å²) >= 11 is 6.06. The number of aromatic nitrogens is 2. The van der Waals surface area contributed by atoms with Crippen molar-refractivity contribution in [3.8, 4) is 5.69 Å². The second-order valence-corrected chi connectivity index (χ2v) is 3.53. The minimum atomic E-state index is 0.472. The van der Waals surface area contributed by atoms with Gasteiger partial charge in [0.25, 0.3) is 0 Å². The summed E-state index contributed by atoms with van der Waals surface area (Å²) in [5.41, 5.74) is 1.77. The van der Waals surface area contributed by atoms with Gasteiger partial charge in [-0.1, -0.05) is 29.8 Å². The highest BCUT2D eigenvalue weighted by molar-refractivity contribution is 6.29. The number of para-hydroxylation sites is 1. The summed E-state index contributed by atoms with van der Waals surface area (Å²) in [5.74, 6) is 0. The SMILES string of the molecule is COCc1cc(Cl)n(-c2ccccc2)n1. The van der Waals surface area contributed by atoms with Gasteiger partial charge in [0.2, 0.25) is 0 Å². The molecule has 2 rings (SSSR count). The Hall–Kier alpha value is -1.32. The third-order valence-electron chi connectivity index (χ3n) is 2.01. The first-order valence-corrected chi connectivity index (χ1v) is 4.98. The second-order valence-electron chi connectivity index (χ2n) is 3.14. The second kappa shape index (κ2) is 4.47. The molecule has 0 aliphatic rings. The van der Waals surface area contributed by atoms with Crippen LogP contribution in [0.4, 0.5) is 0 Å². The summed E-state index contributed by atoms with van der Waals surface area (Å²) < 4.78 is 6.69. The highest BCUT2D eigenvalue weighted by Gasteiger charge is 2.06. The van der Waals surface area contributed by atoms with Crippen molar-refractivity contribution in [2.75, 3.05) is 7.11 Å². The number of hydrogen-bond donors (Lipinski definition) is 0. The van der Waals surface area contributed by atoms with Crippen LogP contribution in [0.25, 0.3) is 5.69 Å². The summed E-state index contributed by atoms with van der Waals surface area (Å²) in [6.45, 7) is 0.472. The van der Waals surface area contributed by atoms with Crippen LogP contribution in [-0.2, 0) is 11.3 Å². The predicted octanol–water partition coefficient (Wildman–Crippen LogP) is 2.67. The quantitative estimate of drug-likeness (QED) is 0.799. The lowest BCUT2D eigenvalue weighted by atomic mass is 10.3. The van der Waals surface area contributed by atoms with Crippen LogP contribution < -0.4 is 0 Å². The van der Waals surface area contributed by atoms with Gasteiger partial charge in [0, 0.05) is 13.2 Å². The fraction of sp³-hybridized carbons (Fsp3) is 0.182. The molecule has 0 unspecified atom stereocenters. The fourth-order valence-corrected chi connectivity index (χ4v) is 1.63. The summed E-state index contributed by atoms with van der Waals surface area (Å²) in [6.07, 6.45) is 0. The van der Waals surface area contributed by atoms with Crippen LogP contribution in [0.1, 0.15) is 5.69 Å². The molecule has 0 bridgehead atoms. The molecular formula is C11H11ClN2O. The van der Waals surface area contributed by atoms with E-state index >= 15 is 0 Å². The zero-order chi connectivity index (χ0) is 10.7. The lowest BCUT2D eigenvalue weighted by Gasteiger charge is -2.01. The molecule has 0 amide bonds. The van der Waals surface area contributed by atoms with E-state index in [4.69, 9.17) is 16.3 Å². The zero-order valence-corrected chi connectivity index (χ0v) is 9.11. The third-order valence-corrected chi connectivity index (χ3v) is 2.28. The van der Waals surface area contributed by atoms with Crippen molar-refractivity contribution in [2.24, 2.45) is 0 Å². The Balaban J connectivity index is 2.36. The molecule has 0 aliphatic heterocycles. The van der Waals surface area contributed by atoms with Crippen LogP contribution in [-0.4, -0.2) is 16.9 Å². The van der Waals surface area contributed by atoms with E-state index in [9.17, 15) is 0 Å². The normalized spacial score (nSPS) is 10.5. The lowest BCUT2D eigenvalue weighted by Crippen LogP contribution is -1.97. The molecule has 0 saturated carbocycles. The predicted molar refractivity (Wildman–Crippen MR) is 59.3 cm³/mol. The molecule has 0 atom stereocenters. The van der Waals surface area contributed by atoms with Crippen molar-refractivity contribution < 1.29 is 4.74 Å². The highest BCUT2D eigenvalue weighted by Crippen LogP contribution is 2.17. The van der Waals surface area contributed by atoms with E-state index in [1.54, 1.807) is 17.9 Å². The van der Waals surface area contributed by atoms with Crippen molar-refractivity contribution in [3.05, 3.63) is 47.2 Å². The molecule has 0 radical (unpaired) electrons. The van der Waals surface area contributed by atoms with Gasteiger partial charge < -0.3 is 4.74 Å². The molecule has 0 fully saturated rings. The van der Waals surface area contributed by atoms with Gasteiger partial charge in [-0.15, -0.1) is 0 Å². The minimum absolute atomic E-state index is 0.472. The van der Waals surface area contributed by atoms with Crippen LogP contribution in [0.15, 0.2) is 36.4 Å². The smallest absolute Gasteiger partial charge is 0.133 e. The van der Waals surface area contributed by atoms with Crippen LogP contribution in [0.3, 0.4) is 0 Å². The molecule has 1 heterocycles. The molecule has 0 saturated heterocycles.